The Kier molecular flexibility index (Phi) is 5.07. The van der Waals surface area contributed by atoms with Crippen molar-refractivity contribution < 1.29 is 19.4 Å². The number of amides is 1. The Balaban J connectivity index is 2.68. The van der Waals surface area contributed by atoms with Crippen LogP contribution in [-0.4, -0.2) is 46.6 Å². The van der Waals surface area contributed by atoms with Crippen LogP contribution in [0.4, 0.5) is 4.79 Å². The van der Waals surface area contributed by atoms with Gasteiger partial charge in [-0.25, -0.2) is 4.79 Å². The van der Waals surface area contributed by atoms with Gasteiger partial charge in [0, 0.05) is 19.0 Å². The van der Waals surface area contributed by atoms with Crippen molar-refractivity contribution in [2.45, 2.75) is 45.6 Å². The third-order valence-electron chi connectivity index (χ3n) is 3.25. The highest BCUT2D eigenvalue weighted by Crippen LogP contribution is 2.36. The molecule has 1 aliphatic heterocycles. The highest BCUT2D eigenvalue weighted by atomic mass is 35.5. The van der Waals surface area contributed by atoms with E-state index < -0.39 is 23.1 Å². The van der Waals surface area contributed by atoms with E-state index in [1.165, 1.54) is 4.90 Å². The van der Waals surface area contributed by atoms with Crippen LogP contribution in [0.25, 0.3) is 0 Å². The molecule has 1 atom stereocenters. The minimum absolute atomic E-state index is 0.203. The van der Waals surface area contributed by atoms with Crippen LogP contribution in [0, 0.1) is 5.41 Å². The van der Waals surface area contributed by atoms with E-state index in [2.05, 4.69) is 0 Å². The maximum Gasteiger partial charge on any atom is 0.410 e. The second kappa shape index (κ2) is 5.99. The standard InChI is InChI=1S/C13H22ClNO4/c1-12(2,3)19-11(18)15-8-6-13(9-15,10(16)17)5-4-7-14/h4-9H2,1-3H3,(H,16,17)/t13-/m0/s1. The highest BCUT2D eigenvalue weighted by molar-refractivity contribution is 6.17. The molecule has 0 saturated carbocycles. The number of carboxylic acids is 1. The number of aliphatic carboxylic acids is 1. The number of hydrogen-bond donors (Lipinski definition) is 1. The molecule has 1 rings (SSSR count). The van der Waals surface area contributed by atoms with Gasteiger partial charge in [-0.1, -0.05) is 0 Å². The maximum absolute atomic E-state index is 11.9. The Hall–Kier alpha value is -0.970. The average molecular weight is 292 g/mol. The van der Waals surface area contributed by atoms with Gasteiger partial charge in [0.2, 0.25) is 0 Å². The quantitative estimate of drug-likeness (QED) is 0.809. The summed E-state index contributed by atoms with van der Waals surface area (Å²) in [6, 6.07) is 0. The summed E-state index contributed by atoms with van der Waals surface area (Å²) in [5.74, 6) is -0.426. The van der Waals surface area contributed by atoms with Gasteiger partial charge in [-0.05, 0) is 40.0 Å². The fourth-order valence-corrected chi connectivity index (χ4v) is 2.38. The number of hydrogen-bond acceptors (Lipinski definition) is 3. The third kappa shape index (κ3) is 4.27. The molecule has 0 unspecified atom stereocenters. The van der Waals surface area contributed by atoms with Gasteiger partial charge in [-0.2, -0.15) is 0 Å². The molecule has 1 heterocycles. The Morgan fingerprint density at radius 1 is 1.42 bits per heavy atom. The molecule has 1 amide bonds. The van der Waals surface area contributed by atoms with Gasteiger partial charge in [0.05, 0.1) is 5.41 Å². The molecule has 1 saturated heterocycles. The first-order chi connectivity index (χ1) is 8.70. The summed E-state index contributed by atoms with van der Waals surface area (Å²) >= 11 is 5.63. The summed E-state index contributed by atoms with van der Waals surface area (Å²) in [5, 5.41) is 9.40. The zero-order valence-electron chi connectivity index (χ0n) is 11.7. The number of carbonyl (C=O) groups is 2. The van der Waals surface area contributed by atoms with Gasteiger partial charge in [0.1, 0.15) is 5.60 Å². The molecule has 1 aliphatic rings. The number of carbonyl (C=O) groups excluding carboxylic acids is 1. The molecule has 0 radical (unpaired) electrons. The Labute approximate surface area is 118 Å². The van der Waals surface area contributed by atoms with E-state index in [-0.39, 0.29) is 6.54 Å². The van der Waals surface area contributed by atoms with E-state index in [0.29, 0.717) is 31.7 Å². The monoisotopic (exact) mass is 291 g/mol. The lowest BCUT2D eigenvalue weighted by Gasteiger charge is -2.27. The Morgan fingerprint density at radius 3 is 2.53 bits per heavy atom. The number of rotatable bonds is 4. The van der Waals surface area contributed by atoms with Gasteiger partial charge in [-0.15, -0.1) is 11.6 Å². The van der Waals surface area contributed by atoms with Gasteiger partial charge >= 0.3 is 12.1 Å². The minimum atomic E-state index is -0.869. The lowest BCUT2D eigenvalue weighted by molar-refractivity contribution is -0.148. The lowest BCUT2D eigenvalue weighted by Crippen LogP contribution is -2.39. The molecular formula is C13H22ClNO4. The van der Waals surface area contributed by atoms with Gasteiger partial charge in [-0.3, -0.25) is 4.79 Å². The van der Waals surface area contributed by atoms with Gasteiger partial charge in [0.25, 0.3) is 0 Å². The van der Waals surface area contributed by atoms with E-state index >= 15 is 0 Å². The molecule has 0 aromatic heterocycles. The second-order valence-electron chi connectivity index (χ2n) is 6.03. The summed E-state index contributed by atoms with van der Waals surface area (Å²) in [7, 11) is 0. The molecule has 1 fully saturated rings. The molecule has 1 N–H and O–H groups in total. The molecule has 0 aromatic rings. The van der Waals surface area contributed by atoms with Crippen LogP contribution in [-0.2, 0) is 9.53 Å². The summed E-state index contributed by atoms with van der Waals surface area (Å²) in [6.07, 6.45) is 1.14. The van der Waals surface area contributed by atoms with E-state index in [9.17, 15) is 14.7 Å². The van der Waals surface area contributed by atoms with Crippen LogP contribution < -0.4 is 0 Å². The van der Waals surface area contributed by atoms with E-state index in [0.717, 1.165) is 0 Å². The van der Waals surface area contributed by atoms with Crippen molar-refractivity contribution in [2.24, 2.45) is 5.41 Å². The number of nitrogens with zero attached hydrogens (tertiary/aromatic N) is 1. The van der Waals surface area contributed by atoms with Gasteiger partial charge < -0.3 is 14.7 Å². The second-order valence-corrected chi connectivity index (χ2v) is 6.41. The normalized spacial score (nSPS) is 23.5. The van der Waals surface area contributed by atoms with E-state index in [1.807, 2.05) is 0 Å². The Morgan fingerprint density at radius 2 is 2.05 bits per heavy atom. The molecule has 0 aliphatic carbocycles. The van der Waals surface area contributed by atoms with Crippen molar-refractivity contribution in [1.29, 1.82) is 0 Å². The number of likely N-dealkylation sites (tertiary alicyclic amines) is 1. The number of halogens is 1. The Bertz CT molecular complexity index is 353. The van der Waals surface area contributed by atoms with Crippen LogP contribution >= 0.6 is 11.6 Å². The summed E-state index contributed by atoms with van der Waals surface area (Å²) in [6.45, 7) is 5.99. The van der Waals surface area contributed by atoms with Crippen molar-refractivity contribution in [3.05, 3.63) is 0 Å². The fourth-order valence-electron chi connectivity index (χ4n) is 2.25. The molecule has 0 spiro atoms. The summed E-state index contributed by atoms with van der Waals surface area (Å²) < 4.78 is 5.27. The van der Waals surface area contributed by atoms with Crippen molar-refractivity contribution in [3.8, 4) is 0 Å². The number of ether oxygens (including phenoxy) is 1. The zero-order valence-corrected chi connectivity index (χ0v) is 12.5. The number of alkyl halides is 1. The largest absolute Gasteiger partial charge is 0.481 e. The molecule has 5 nitrogen and oxygen atoms in total. The van der Waals surface area contributed by atoms with Crippen molar-refractivity contribution in [1.82, 2.24) is 4.90 Å². The van der Waals surface area contributed by atoms with Crippen molar-refractivity contribution >= 4 is 23.7 Å². The lowest BCUT2D eigenvalue weighted by atomic mass is 9.83. The van der Waals surface area contributed by atoms with Crippen LogP contribution in [0.1, 0.15) is 40.0 Å². The van der Waals surface area contributed by atoms with Crippen molar-refractivity contribution in [2.75, 3.05) is 19.0 Å². The molecule has 6 heteroatoms. The van der Waals surface area contributed by atoms with Gasteiger partial charge in [0.15, 0.2) is 0 Å². The number of carboxylic acid groups (broad SMARTS) is 1. The molecule has 110 valence electrons. The smallest absolute Gasteiger partial charge is 0.410 e. The van der Waals surface area contributed by atoms with E-state index in [4.69, 9.17) is 16.3 Å². The van der Waals surface area contributed by atoms with Crippen LogP contribution in [0.15, 0.2) is 0 Å². The zero-order chi connectivity index (χ0) is 14.7. The molecular weight excluding hydrogens is 270 g/mol. The van der Waals surface area contributed by atoms with Crippen LogP contribution in [0.2, 0.25) is 0 Å². The SMILES string of the molecule is CC(C)(C)OC(=O)N1CC[C@](CCCCl)(C(=O)O)C1. The first-order valence-electron chi connectivity index (χ1n) is 6.47. The van der Waals surface area contributed by atoms with Crippen LogP contribution in [0.5, 0.6) is 0 Å². The minimum Gasteiger partial charge on any atom is -0.481 e. The topological polar surface area (TPSA) is 66.8 Å². The van der Waals surface area contributed by atoms with Crippen molar-refractivity contribution in [3.63, 3.8) is 0 Å². The molecule has 0 bridgehead atoms. The summed E-state index contributed by atoms with van der Waals surface area (Å²) in [4.78, 5) is 24.9. The van der Waals surface area contributed by atoms with Crippen LogP contribution in [0.3, 0.4) is 0 Å². The first kappa shape index (κ1) is 16.1. The predicted octanol–water partition coefficient (Wildman–Crippen LogP) is 2.72. The van der Waals surface area contributed by atoms with E-state index in [1.54, 1.807) is 20.8 Å². The highest BCUT2D eigenvalue weighted by Gasteiger charge is 2.46. The predicted molar refractivity (Wildman–Crippen MR) is 72.4 cm³/mol. The third-order valence-corrected chi connectivity index (χ3v) is 3.52. The maximum atomic E-state index is 11.9. The fraction of sp³-hybridized carbons (Fsp3) is 0.846. The molecule has 0 aromatic carbocycles. The summed E-state index contributed by atoms with van der Waals surface area (Å²) in [5.41, 5.74) is -1.44. The first-order valence-corrected chi connectivity index (χ1v) is 7.01. The average Bonchev–Trinajstić information content (AvgIpc) is 2.69. The molecule has 19 heavy (non-hydrogen) atoms.